The standard InChI is InChI=1S/C25H26N2O7S2/c1-33-19-8-10-21(11-9-19)34-20-6-4-18(5-7-20)25(17-23(28)26-30)12-13-27(14-16-36(25,31)32)24(29)22-3-2-15-35-22/h2-11,15,30H,12-14,16-17H2,1H3,(H,26,28). The van der Waals surface area contributed by atoms with Crippen LogP contribution >= 0.6 is 11.3 Å². The molecule has 0 bridgehead atoms. The summed E-state index contributed by atoms with van der Waals surface area (Å²) < 4.78 is 36.6. The predicted molar refractivity (Wildman–Crippen MR) is 134 cm³/mol. The molecule has 2 heterocycles. The molecule has 9 nitrogen and oxygen atoms in total. The van der Waals surface area contributed by atoms with E-state index in [-0.39, 0.29) is 31.2 Å². The van der Waals surface area contributed by atoms with E-state index in [1.807, 2.05) is 0 Å². The zero-order valence-corrected chi connectivity index (χ0v) is 21.2. The molecule has 3 aromatic rings. The zero-order chi connectivity index (χ0) is 25.8. The number of rotatable bonds is 7. The number of amides is 2. The van der Waals surface area contributed by atoms with E-state index in [0.717, 1.165) is 0 Å². The van der Waals surface area contributed by atoms with Gasteiger partial charge in [0.15, 0.2) is 9.84 Å². The maximum atomic E-state index is 13.6. The minimum atomic E-state index is -3.91. The first kappa shape index (κ1) is 25.7. The van der Waals surface area contributed by atoms with Crippen molar-refractivity contribution in [3.8, 4) is 17.2 Å². The van der Waals surface area contributed by atoms with Gasteiger partial charge in [-0.1, -0.05) is 18.2 Å². The van der Waals surface area contributed by atoms with E-state index in [4.69, 9.17) is 9.47 Å². The SMILES string of the molecule is COc1ccc(Oc2ccc(C3(CC(=O)NO)CCN(C(=O)c4cccs4)CCS3(=O)=O)cc2)cc1. The van der Waals surface area contributed by atoms with E-state index in [1.54, 1.807) is 78.6 Å². The van der Waals surface area contributed by atoms with E-state index < -0.39 is 26.9 Å². The molecule has 0 aliphatic carbocycles. The number of sulfone groups is 1. The second kappa shape index (κ2) is 10.7. The van der Waals surface area contributed by atoms with E-state index >= 15 is 0 Å². The number of hydroxylamine groups is 1. The molecule has 0 saturated carbocycles. The highest BCUT2D eigenvalue weighted by atomic mass is 32.2. The molecule has 2 N–H and O–H groups in total. The van der Waals surface area contributed by atoms with Crippen molar-refractivity contribution in [1.82, 2.24) is 10.4 Å². The summed E-state index contributed by atoms with van der Waals surface area (Å²) in [6.07, 6.45) is -0.482. The smallest absolute Gasteiger partial charge is 0.263 e. The van der Waals surface area contributed by atoms with Crippen molar-refractivity contribution >= 4 is 33.0 Å². The van der Waals surface area contributed by atoms with Gasteiger partial charge in [-0.3, -0.25) is 14.8 Å². The van der Waals surface area contributed by atoms with Crippen LogP contribution in [-0.2, 0) is 19.4 Å². The molecule has 2 aromatic carbocycles. The van der Waals surface area contributed by atoms with Crippen LogP contribution in [0, 0.1) is 0 Å². The molecule has 4 rings (SSSR count). The summed E-state index contributed by atoms with van der Waals surface area (Å²) in [4.78, 5) is 27.2. The fourth-order valence-electron chi connectivity index (χ4n) is 4.30. The zero-order valence-electron chi connectivity index (χ0n) is 19.5. The Kier molecular flexibility index (Phi) is 7.62. The number of carbonyl (C=O) groups excluding carboxylic acids is 2. The first-order valence-electron chi connectivity index (χ1n) is 11.2. The normalized spacial score (nSPS) is 19.2. The lowest BCUT2D eigenvalue weighted by Crippen LogP contribution is -2.42. The molecule has 1 atom stereocenters. The largest absolute Gasteiger partial charge is 0.497 e. The van der Waals surface area contributed by atoms with Crippen molar-refractivity contribution in [1.29, 1.82) is 0 Å². The van der Waals surface area contributed by atoms with Crippen LogP contribution in [0.5, 0.6) is 17.2 Å². The van der Waals surface area contributed by atoms with Gasteiger partial charge in [0.1, 0.15) is 22.0 Å². The van der Waals surface area contributed by atoms with Gasteiger partial charge in [0.25, 0.3) is 5.91 Å². The second-order valence-electron chi connectivity index (χ2n) is 8.35. The first-order valence-corrected chi connectivity index (χ1v) is 13.7. The van der Waals surface area contributed by atoms with Crippen LogP contribution in [0.4, 0.5) is 0 Å². The third kappa shape index (κ3) is 5.23. The molecule has 36 heavy (non-hydrogen) atoms. The van der Waals surface area contributed by atoms with Crippen LogP contribution in [0.1, 0.15) is 28.1 Å². The van der Waals surface area contributed by atoms with Gasteiger partial charge in [-0.2, -0.15) is 0 Å². The fraction of sp³-hybridized carbons (Fsp3) is 0.280. The molecule has 1 aliphatic heterocycles. The summed E-state index contributed by atoms with van der Waals surface area (Å²) in [6, 6.07) is 16.9. The first-order chi connectivity index (χ1) is 17.3. The van der Waals surface area contributed by atoms with Gasteiger partial charge in [-0.15, -0.1) is 11.3 Å². The Labute approximate surface area is 213 Å². The van der Waals surface area contributed by atoms with Gasteiger partial charge in [0.05, 0.1) is 24.2 Å². The van der Waals surface area contributed by atoms with Crippen LogP contribution in [0.25, 0.3) is 0 Å². The third-order valence-electron chi connectivity index (χ3n) is 6.28. The Hall–Kier alpha value is -3.41. The molecular weight excluding hydrogens is 504 g/mol. The van der Waals surface area contributed by atoms with E-state index in [1.165, 1.54) is 16.2 Å². The van der Waals surface area contributed by atoms with Gasteiger partial charge >= 0.3 is 0 Å². The fourth-order valence-corrected chi connectivity index (χ4v) is 7.09. The molecule has 11 heteroatoms. The van der Waals surface area contributed by atoms with Crippen LogP contribution in [0.15, 0.2) is 66.0 Å². The molecule has 1 aliphatic rings. The Morgan fingerprint density at radius 1 is 1.03 bits per heavy atom. The van der Waals surface area contributed by atoms with Crippen molar-refractivity contribution in [3.63, 3.8) is 0 Å². The van der Waals surface area contributed by atoms with Crippen molar-refractivity contribution < 1.29 is 32.7 Å². The van der Waals surface area contributed by atoms with Gasteiger partial charge in [0.2, 0.25) is 5.91 Å². The number of methoxy groups -OCH3 is 1. The van der Waals surface area contributed by atoms with E-state index in [0.29, 0.717) is 27.7 Å². The Morgan fingerprint density at radius 2 is 1.67 bits per heavy atom. The number of hydrogen-bond acceptors (Lipinski definition) is 8. The van der Waals surface area contributed by atoms with Crippen LogP contribution in [0.2, 0.25) is 0 Å². The Balaban J connectivity index is 1.63. The predicted octanol–water partition coefficient (Wildman–Crippen LogP) is 3.60. The van der Waals surface area contributed by atoms with Crippen molar-refractivity contribution in [2.45, 2.75) is 17.6 Å². The van der Waals surface area contributed by atoms with Crippen molar-refractivity contribution in [3.05, 3.63) is 76.5 Å². The quantitative estimate of drug-likeness (QED) is 0.354. The van der Waals surface area contributed by atoms with Gasteiger partial charge in [-0.25, -0.2) is 13.9 Å². The minimum Gasteiger partial charge on any atom is -0.497 e. The lowest BCUT2D eigenvalue weighted by atomic mass is 9.90. The Morgan fingerprint density at radius 3 is 2.25 bits per heavy atom. The maximum Gasteiger partial charge on any atom is 0.263 e. The summed E-state index contributed by atoms with van der Waals surface area (Å²) >= 11 is 1.29. The highest BCUT2D eigenvalue weighted by Gasteiger charge is 2.49. The lowest BCUT2D eigenvalue weighted by Gasteiger charge is -2.32. The van der Waals surface area contributed by atoms with Crippen LogP contribution in [0.3, 0.4) is 0 Å². The Bertz CT molecular complexity index is 1310. The molecular formula is C25H26N2O7S2. The average molecular weight is 531 g/mol. The molecule has 1 unspecified atom stereocenters. The molecule has 0 radical (unpaired) electrons. The monoisotopic (exact) mass is 530 g/mol. The average Bonchev–Trinajstić information content (AvgIpc) is 3.39. The molecule has 190 valence electrons. The van der Waals surface area contributed by atoms with Crippen LogP contribution in [-0.4, -0.2) is 56.3 Å². The highest BCUT2D eigenvalue weighted by Crippen LogP contribution is 2.41. The number of carbonyl (C=O) groups is 2. The van der Waals surface area contributed by atoms with Gasteiger partial charge < -0.3 is 14.4 Å². The highest BCUT2D eigenvalue weighted by molar-refractivity contribution is 7.92. The number of nitrogens with one attached hydrogen (secondary N) is 1. The van der Waals surface area contributed by atoms with E-state index in [9.17, 15) is 23.2 Å². The molecule has 1 fully saturated rings. The number of thiophene rings is 1. The number of ether oxygens (including phenoxy) is 2. The minimum absolute atomic E-state index is 0.00144. The van der Waals surface area contributed by atoms with E-state index in [2.05, 4.69) is 0 Å². The summed E-state index contributed by atoms with van der Waals surface area (Å²) in [6.45, 7) is 0.152. The second-order valence-corrected chi connectivity index (χ2v) is 11.7. The molecule has 1 saturated heterocycles. The molecule has 0 spiro atoms. The van der Waals surface area contributed by atoms with Crippen LogP contribution < -0.4 is 15.0 Å². The van der Waals surface area contributed by atoms with Gasteiger partial charge in [0, 0.05) is 13.1 Å². The van der Waals surface area contributed by atoms with Crippen molar-refractivity contribution in [2.24, 2.45) is 0 Å². The topological polar surface area (TPSA) is 122 Å². The molecule has 2 amide bonds. The maximum absolute atomic E-state index is 13.6. The van der Waals surface area contributed by atoms with Crippen molar-refractivity contribution in [2.75, 3.05) is 26.0 Å². The summed E-state index contributed by atoms with van der Waals surface area (Å²) in [5.41, 5.74) is 1.95. The summed E-state index contributed by atoms with van der Waals surface area (Å²) in [5.74, 6) is 0.356. The third-order valence-corrected chi connectivity index (χ3v) is 9.63. The number of benzene rings is 2. The number of hydrogen-bond donors (Lipinski definition) is 2. The lowest BCUT2D eigenvalue weighted by molar-refractivity contribution is -0.130. The summed E-state index contributed by atoms with van der Waals surface area (Å²) in [5, 5.41) is 11.0. The van der Waals surface area contributed by atoms with Gasteiger partial charge in [-0.05, 0) is 59.8 Å². The summed E-state index contributed by atoms with van der Waals surface area (Å²) in [7, 11) is -2.34. The molecule has 1 aromatic heterocycles. The number of nitrogens with zero attached hydrogens (tertiary/aromatic N) is 1.